The SMILES string of the molecule is O=C(Nc1ccc(F)cc1F)c1cc(NC(=O)C2CC2(Cl)Cl)ccc1Cl. The van der Waals surface area contributed by atoms with Crippen molar-refractivity contribution in [2.24, 2.45) is 5.92 Å². The van der Waals surface area contributed by atoms with Crippen LogP contribution in [0.3, 0.4) is 0 Å². The van der Waals surface area contributed by atoms with Crippen molar-refractivity contribution in [3.05, 3.63) is 58.6 Å². The zero-order chi connectivity index (χ0) is 19.1. The summed E-state index contributed by atoms with van der Waals surface area (Å²) in [7, 11) is 0. The molecule has 2 aromatic carbocycles. The van der Waals surface area contributed by atoms with Crippen LogP contribution in [0.2, 0.25) is 5.02 Å². The van der Waals surface area contributed by atoms with E-state index >= 15 is 0 Å². The third-order valence-electron chi connectivity index (χ3n) is 3.80. The smallest absolute Gasteiger partial charge is 0.257 e. The maximum Gasteiger partial charge on any atom is 0.257 e. The maximum absolute atomic E-state index is 13.7. The van der Waals surface area contributed by atoms with Gasteiger partial charge in [0.1, 0.15) is 16.0 Å². The van der Waals surface area contributed by atoms with Gasteiger partial charge in [0, 0.05) is 11.8 Å². The second-order valence-electron chi connectivity index (χ2n) is 5.78. The Morgan fingerprint density at radius 3 is 2.38 bits per heavy atom. The first-order valence-corrected chi connectivity index (χ1v) is 8.55. The highest BCUT2D eigenvalue weighted by Gasteiger charge is 2.56. The third kappa shape index (κ3) is 4.09. The summed E-state index contributed by atoms with van der Waals surface area (Å²) in [6, 6.07) is 7.00. The van der Waals surface area contributed by atoms with Gasteiger partial charge in [0.2, 0.25) is 5.91 Å². The highest BCUT2D eigenvalue weighted by molar-refractivity contribution is 6.52. The van der Waals surface area contributed by atoms with E-state index in [9.17, 15) is 18.4 Å². The van der Waals surface area contributed by atoms with Crippen molar-refractivity contribution >= 4 is 58.0 Å². The molecule has 1 atom stereocenters. The van der Waals surface area contributed by atoms with Crippen LogP contribution in [0.15, 0.2) is 36.4 Å². The molecule has 0 heterocycles. The highest BCUT2D eigenvalue weighted by Crippen LogP contribution is 2.53. The van der Waals surface area contributed by atoms with E-state index in [4.69, 9.17) is 34.8 Å². The molecule has 1 aliphatic carbocycles. The summed E-state index contributed by atoms with van der Waals surface area (Å²) in [6.07, 6.45) is 0.340. The molecule has 4 nitrogen and oxygen atoms in total. The van der Waals surface area contributed by atoms with E-state index in [1.807, 2.05) is 0 Å². The summed E-state index contributed by atoms with van der Waals surface area (Å²) >= 11 is 17.7. The van der Waals surface area contributed by atoms with Crippen LogP contribution in [0.1, 0.15) is 16.8 Å². The zero-order valence-corrected chi connectivity index (χ0v) is 15.2. The summed E-state index contributed by atoms with van der Waals surface area (Å²) in [4.78, 5) is 24.4. The lowest BCUT2D eigenvalue weighted by atomic mass is 10.1. The number of alkyl halides is 2. The molecule has 2 amide bonds. The fourth-order valence-electron chi connectivity index (χ4n) is 2.28. The van der Waals surface area contributed by atoms with Crippen LogP contribution in [0.25, 0.3) is 0 Å². The van der Waals surface area contributed by atoms with Crippen molar-refractivity contribution in [3.63, 3.8) is 0 Å². The largest absolute Gasteiger partial charge is 0.326 e. The molecular weight excluding hydrogens is 409 g/mol. The average molecular weight is 420 g/mol. The average Bonchev–Trinajstić information content (AvgIpc) is 3.20. The molecule has 9 heteroatoms. The number of anilines is 2. The molecule has 26 heavy (non-hydrogen) atoms. The van der Waals surface area contributed by atoms with Crippen LogP contribution in [0, 0.1) is 17.6 Å². The van der Waals surface area contributed by atoms with Crippen molar-refractivity contribution < 1.29 is 18.4 Å². The summed E-state index contributed by atoms with van der Waals surface area (Å²) in [6.45, 7) is 0. The van der Waals surface area contributed by atoms with E-state index in [-0.39, 0.29) is 22.2 Å². The fraction of sp³-hybridized carbons (Fsp3) is 0.176. The summed E-state index contributed by atoms with van der Waals surface area (Å²) in [5, 5.41) is 4.99. The van der Waals surface area contributed by atoms with Gasteiger partial charge < -0.3 is 10.6 Å². The minimum Gasteiger partial charge on any atom is -0.326 e. The lowest BCUT2D eigenvalue weighted by molar-refractivity contribution is -0.117. The molecular formula is C17H11Cl3F2N2O2. The first-order chi connectivity index (χ1) is 12.2. The Balaban J connectivity index is 1.76. The maximum atomic E-state index is 13.7. The van der Waals surface area contributed by atoms with Crippen LogP contribution in [0.5, 0.6) is 0 Å². The molecule has 0 spiro atoms. The molecule has 0 saturated heterocycles. The predicted octanol–water partition coefficient (Wildman–Crippen LogP) is 5.00. The van der Waals surface area contributed by atoms with E-state index in [0.29, 0.717) is 18.2 Å². The van der Waals surface area contributed by atoms with Gasteiger partial charge in [0.05, 0.1) is 22.2 Å². The van der Waals surface area contributed by atoms with Crippen LogP contribution in [-0.4, -0.2) is 16.1 Å². The first-order valence-electron chi connectivity index (χ1n) is 7.42. The molecule has 1 aliphatic rings. The third-order valence-corrected chi connectivity index (χ3v) is 4.97. The van der Waals surface area contributed by atoms with Crippen LogP contribution in [-0.2, 0) is 4.79 Å². The van der Waals surface area contributed by atoms with E-state index in [2.05, 4.69) is 10.6 Å². The van der Waals surface area contributed by atoms with E-state index < -0.39 is 27.8 Å². The molecule has 2 N–H and O–H groups in total. The minimum atomic E-state index is -1.07. The normalized spacial score (nSPS) is 17.5. The van der Waals surface area contributed by atoms with Gasteiger partial charge >= 0.3 is 0 Å². The first kappa shape index (κ1) is 18.9. The van der Waals surface area contributed by atoms with E-state index in [1.165, 1.54) is 18.2 Å². The number of benzene rings is 2. The van der Waals surface area contributed by atoms with Crippen LogP contribution in [0.4, 0.5) is 20.2 Å². The molecule has 1 saturated carbocycles. The van der Waals surface area contributed by atoms with Crippen molar-refractivity contribution in [1.82, 2.24) is 0 Å². The molecule has 0 radical (unpaired) electrons. The molecule has 0 aliphatic heterocycles. The monoisotopic (exact) mass is 418 g/mol. The van der Waals surface area contributed by atoms with Gasteiger partial charge in [-0.05, 0) is 36.8 Å². The summed E-state index contributed by atoms with van der Waals surface area (Å²) < 4.78 is 25.5. The number of nitrogens with one attached hydrogen (secondary N) is 2. The summed E-state index contributed by atoms with van der Waals surface area (Å²) in [5.41, 5.74) is 0.112. The minimum absolute atomic E-state index is 0.00648. The topological polar surface area (TPSA) is 58.2 Å². The van der Waals surface area contributed by atoms with Gasteiger partial charge in [0.25, 0.3) is 5.91 Å². The Kier molecular flexibility index (Phi) is 5.10. The van der Waals surface area contributed by atoms with Gasteiger partial charge in [-0.1, -0.05) is 11.6 Å². The van der Waals surface area contributed by atoms with Crippen LogP contribution < -0.4 is 10.6 Å². The van der Waals surface area contributed by atoms with Gasteiger partial charge in [-0.15, -0.1) is 23.2 Å². The number of hydrogen-bond donors (Lipinski definition) is 2. The Bertz CT molecular complexity index is 906. The van der Waals surface area contributed by atoms with Gasteiger partial charge in [-0.3, -0.25) is 9.59 Å². The van der Waals surface area contributed by atoms with Gasteiger partial charge in [0.15, 0.2) is 0 Å². The van der Waals surface area contributed by atoms with E-state index in [1.54, 1.807) is 0 Å². The van der Waals surface area contributed by atoms with E-state index in [0.717, 1.165) is 12.1 Å². The number of halogens is 5. The number of carbonyl (C=O) groups is 2. The lowest BCUT2D eigenvalue weighted by Gasteiger charge is -2.11. The molecule has 3 rings (SSSR count). The number of amides is 2. The molecule has 1 fully saturated rings. The fourth-order valence-corrected chi connectivity index (χ4v) is 2.99. The standard InChI is InChI=1S/C17H11Cl3F2N2O2/c18-12-3-2-9(23-16(26)11-7-17(11,19)20)6-10(12)15(25)24-14-4-1-8(21)5-13(14)22/h1-6,11H,7H2,(H,23,26)(H,24,25). The number of carbonyl (C=O) groups excluding carboxylic acids is 2. The summed E-state index contributed by atoms with van der Waals surface area (Å²) in [5.74, 6) is -3.32. The Hall–Kier alpha value is -1.89. The quantitative estimate of drug-likeness (QED) is 0.685. The Morgan fingerprint density at radius 2 is 1.77 bits per heavy atom. The zero-order valence-electron chi connectivity index (χ0n) is 13.0. The Labute approximate surface area is 162 Å². The number of rotatable bonds is 4. The molecule has 0 bridgehead atoms. The van der Waals surface area contributed by atoms with Crippen molar-refractivity contribution in [3.8, 4) is 0 Å². The Morgan fingerprint density at radius 1 is 1.08 bits per heavy atom. The second-order valence-corrected chi connectivity index (χ2v) is 7.73. The highest BCUT2D eigenvalue weighted by atomic mass is 35.5. The number of hydrogen-bond acceptors (Lipinski definition) is 2. The van der Waals surface area contributed by atoms with Crippen molar-refractivity contribution in [2.45, 2.75) is 10.8 Å². The second kappa shape index (κ2) is 7.02. The van der Waals surface area contributed by atoms with Gasteiger partial charge in [-0.25, -0.2) is 8.78 Å². The van der Waals surface area contributed by atoms with Gasteiger partial charge in [-0.2, -0.15) is 0 Å². The molecule has 1 unspecified atom stereocenters. The van der Waals surface area contributed by atoms with Crippen molar-refractivity contribution in [2.75, 3.05) is 10.6 Å². The lowest BCUT2D eigenvalue weighted by Crippen LogP contribution is -2.18. The molecule has 0 aromatic heterocycles. The molecule has 2 aromatic rings. The van der Waals surface area contributed by atoms with Crippen LogP contribution >= 0.6 is 34.8 Å². The predicted molar refractivity (Wildman–Crippen MR) is 96.9 cm³/mol. The molecule has 136 valence electrons. The van der Waals surface area contributed by atoms with Crippen molar-refractivity contribution in [1.29, 1.82) is 0 Å².